The van der Waals surface area contributed by atoms with Crippen LogP contribution in [0, 0.1) is 5.92 Å². The number of nitrogens with zero attached hydrogens (tertiary/aromatic N) is 3. The van der Waals surface area contributed by atoms with E-state index in [1.54, 1.807) is 21.8 Å². The Morgan fingerprint density at radius 2 is 1.78 bits per heavy atom. The van der Waals surface area contributed by atoms with E-state index in [2.05, 4.69) is 5.32 Å². The molecule has 8 nitrogen and oxygen atoms in total. The van der Waals surface area contributed by atoms with Crippen molar-refractivity contribution in [2.75, 3.05) is 58.3 Å². The van der Waals surface area contributed by atoms with Gasteiger partial charge in [-0.05, 0) is 12.1 Å². The SMILES string of the molecule is COCCN1CC(C(=O)N2CCN(C(=O)Nc3ccccc3)CC2)CC1=O. The number of nitrogens with one attached hydrogen (secondary N) is 1. The van der Waals surface area contributed by atoms with E-state index in [9.17, 15) is 14.4 Å². The first-order valence-electron chi connectivity index (χ1n) is 9.25. The van der Waals surface area contributed by atoms with E-state index in [4.69, 9.17) is 4.74 Å². The van der Waals surface area contributed by atoms with Crippen LogP contribution in [0.1, 0.15) is 6.42 Å². The molecule has 1 aromatic carbocycles. The van der Waals surface area contributed by atoms with Gasteiger partial charge in [-0.2, -0.15) is 0 Å². The molecule has 146 valence electrons. The van der Waals surface area contributed by atoms with Crippen LogP contribution in [0.4, 0.5) is 10.5 Å². The maximum absolute atomic E-state index is 12.7. The Morgan fingerprint density at radius 1 is 1.11 bits per heavy atom. The molecule has 0 radical (unpaired) electrons. The Labute approximate surface area is 159 Å². The number of para-hydroxylation sites is 1. The third-order valence-electron chi connectivity index (χ3n) is 5.03. The van der Waals surface area contributed by atoms with E-state index in [0.29, 0.717) is 45.9 Å². The molecule has 4 amide bonds. The number of hydrogen-bond donors (Lipinski definition) is 1. The van der Waals surface area contributed by atoms with E-state index in [0.717, 1.165) is 5.69 Å². The molecule has 2 aliphatic heterocycles. The van der Waals surface area contributed by atoms with Gasteiger partial charge in [-0.15, -0.1) is 0 Å². The molecule has 27 heavy (non-hydrogen) atoms. The zero-order chi connectivity index (χ0) is 19.2. The van der Waals surface area contributed by atoms with E-state index in [1.807, 2.05) is 30.3 Å². The summed E-state index contributed by atoms with van der Waals surface area (Å²) in [5.74, 6) is -0.281. The van der Waals surface area contributed by atoms with Crippen molar-refractivity contribution in [2.24, 2.45) is 5.92 Å². The number of hydrogen-bond acceptors (Lipinski definition) is 4. The Bertz CT molecular complexity index is 674. The average Bonchev–Trinajstić information content (AvgIpc) is 3.07. The highest BCUT2D eigenvalue weighted by Crippen LogP contribution is 2.21. The fourth-order valence-corrected chi connectivity index (χ4v) is 3.47. The van der Waals surface area contributed by atoms with Crippen molar-refractivity contribution in [3.05, 3.63) is 30.3 Å². The summed E-state index contributed by atoms with van der Waals surface area (Å²) < 4.78 is 5.01. The summed E-state index contributed by atoms with van der Waals surface area (Å²) in [6.45, 7) is 3.40. The number of rotatable bonds is 5. The molecule has 1 unspecified atom stereocenters. The molecule has 0 spiro atoms. The zero-order valence-electron chi connectivity index (χ0n) is 15.6. The Balaban J connectivity index is 1.47. The minimum atomic E-state index is -0.293. The van der Waals surface area contributed by atoms with Gasteiger partial charge in [0.2, 0.25) is 11.8 Å². The minimum Gasteiger partial charge on any atom is -0.383 e. The van der Waals surface area contributed by atoms with Gasteiger partial charge in [0.1, 0.15) is 0 Å². The highest BCUT2D eigenvalue weighted by Gasteiger charge is 2.37. The van der Waals surface area contributed by atoms with Crippen LogP contribution in [0.5, 0.6) is 0 Å². The van der Waals surface area contributed by atoms with Crippen molar-refractivity contribution < 1.29 is 19.1 Å². The van der Waals surface area contributed by atoms with E-state index >= 15 is 0 Å². The Kier molecular flexibility index (Phi) is 6.28. The lowest BCUT2D eigenvalue weighted by molar-refractivity contribution is -0.137. The van der Waals surface area contributed by atoms with Gasteiger partial charge >= 0.3 is 6.03 Å². The molecule has 0 saturated carbocycles. The molecular weight excluding hydrogens is 348 g/mol. The first-order chi connectivity index (χ1) is 13.1. The number of anilines is 1. The van der Waals surface area contributed by atoms with Gasteiger partial charge in [-0.1, -0.05) is 18.2 Å². The van der Waals surface area contributed by atoms with Crippen LogP contribution in [0.15, 0.2) is 30.3 Å². The molecule has 1 atom stereocenters. The fraction of sp³-hybridized carbons (Fsp3) is 0.526. The van der Waals surface area contributed by atoms with Crippen molar-refractivity contribution >= 4 is 23.5 Å². The van der Waals surface area contributed by atoms with Gasteiger partial charge in [-0.25, -0.2) is 4.79 Å². The van der Waals surface area contributed by atoms with Gasteiger partial charge in [0.05, 0.1) is 12.5 Å². The quantitative estimate of drug-likeness (QED) is 0.829. The predicted octanol–water partition coefficient (Wildman–Crippen LogP) is 0.858. The lowest BCUT2D eigenvalue weighted by Gasteiger charge is -2.35. The monoisotopic (exact) mass is 374 g/mol. The summed E-state index contributed by atoms with van der Waals surface area (Å²) in [6.07, 6.45) is 0.261. The summed E-state index contributed by atoms with van der Waals surface area (Å²) in [6, 6.07) is 9.14. The second-order valence-electron chi connectivity index (χ2n) is 6.84. The molecule has 2 fully saturated rings. The van der Waals surface area contributed by atoms with Crippen molar-refractivity contribution in [1.29, 1.82) is 0 Å². The third kappa shape index (κ3) is 4.77. The number of carbonyl (C=O) groups is 3. The summed E-state index contributed by atoms with van der Waals surface area (Å²) in [4.78, 5) is 42.3. The Morgan fingerprint density at radius 3 is 2.44 bits per heavy atom. The molecule has 2 saturated heterocycles. The van der Waals surface area contributed by atoms with E-state index in [-0.39, 0.29) is 30.2 Å². The van der Waals surface area contributed by atoms with Crippen molar-refractivity contribution in [3.8, 4) is 0 Å². The van der Waals surface area contributed by atoms with Crippen LogP contribution in [0.2, 0.25) is 0 Å². The zero-order valence-corrected chi connectivity index (χ0v) is 15.6. The number of piperazine rings is 1. The van der Waals surface area contributed by atoms with Crippen LogP contribution in [-0.4, -0.2) is 85.5 Å². The molecule has 2 aliphatic rings. The Hall–Kier alpha value is -2.61. The summed E-state index contributed by atoms with van der Waals surface area (Å²) in [5, 5.41) is 2.86. The van der Waals surface area contributed by atoms with Crippen molar-refractivity contribution in [1.82, 2.24) is 14.7 Å². The largest absolute Gasteiger partial charge is 0.383 e. The lowest BCUT2D eigenvalue weighted by atomic mass is 10.1. The second-order valence-corrected chi connectivity index (χ2v) is 6.84. The first kappa shape index (κ1) is 19.2. The standard InChI is InChI=1S/C19H26N4O4/c1-27-12-11-23-14-15(13-17(23)24)18(25)21-7-9-22(10-8-21)19(26)20-16-5-3-2-4-6-16/h2-6,15H,7-14H2,1H3,(H,20,26). The molecule has 1 aromatic rings. The molecule has 0 aliphatic carbocycles. The number of urea groups is 1. The highest BCUT2D eigenvalue weighted by molar-refractivity contribution is 5.90. The first-order valence-corrected chi connectivity index (χ1v) is 9.25. The lowest BCUT2D eigenvalue weighted by Crippen LogP contribution is -2.53. The number of ether oxygens (including phenoxy) is 1. The molecule has 8 heteroatoms. The number of methoxy groups -OCH3 is 1. The maximum atomic E-state index is 12.7. The van der Waals surface area contributed by atoms with Gasteiger partial charge in [0.25, 0.3) is 0 Å². The second kappa shape index (κ2) is 8.85. The van der Waals surface area contributed by atoms with Crippen LogP contribution in [0.3, 0.4) is 0 Å². The van der Waals surface area contributed by atoms with Crippen molar-refractivity contribution in [3.63, 3.8) is 0 Å². The van der Waals surface area contributed by atoms with Crippen LogP contribution < -0.4 is 5.32 Å². The fourth-order valence-electron chi connectivity index (χ4n) is 3.47. The predicted molar refractivity (Wildman–Crippen MR) is 100 cm³/mol. The minimum absolute atomic E-state index is 0.00581. The number of amides is 4. The molecular formula is C19H26N4O4. The molecule has 3 rings (SSSR count). The maximum Gasteiger partial charge on any atom is 0.321 e. The van der Waals surface area contributed by atoms with Crippen LogP contribution in [0.25, 0.3) is 0 Å². The highest BCUT2D eigenvalue weighted by atomic mass is 16.5. The summed E-state index contributed by atoms with van der Waals surface area (Å²) in [7, 11) is 1.59. The van der Waals surface area contributed by atoms with Gasteiger partial charge in [-0.3, -0.25) is 9.59 Å². The van der Waals surface area contributed by atoms with Crippen molar-refractivity contribution in [2.45, 2.75) is 6.42 Å². The van der Waals surface area contributed by atoms with E-state index in [1.165, 1.54) is 0 Å². The number of benzene rings is 1. The van der Waals surface area contributed by atoms with Crippen LogP contribution >= 0.6 is 0 Å². The topological polar surface area (TPSA) is 82.2 Å². The molecule has 0 aromatic heterocycles. The van der Waals surface area contributed by atoms with Gasteiger partial charge in [0, 0.05) is 58.5 Å². The summed E-state index contributed by atoms with van der Waals surface area (Å²) in [5.41, 5.74) is 0.752. The van der Waals surface area contributed by atoms with Gasteiger partial charge < -0.3 is 24.8 Å². The van der Waals surface area contributed by atoms with Gasteiger partial charge in [0.15, 0.2) is 0 Å². The normalized spacial score (nSPS) is 20.1. The average molecular weight is 374 g/mol. The molecule has 0 bridgehead atoms. The van der Waals surface area contributed by atoms with Crippen LogP contribution in [-0.2, 0) is 14.3 Å². The molecule has 1 N–H and O–H groups in total. The number of likely N-dealkylation sites (tertiary alicyclic amines) is 1. The third-order valence-corrected chi connectivity index (χ3v) is 5.03. The molecule has 2 heterocycles. The summed E-state index contributed by atoms with van der Waals surface area (Å²) >= 11 is 0. The smallest absolute Gasteiger partial charge is 0.321 e. The van der Waals surface area contributed by atoms with E-state index < -0.39 is 0 Å². The number of carbonyl (C=O) groups excluding carboxylic acids is 3.